The third-order valence-corrected chi connectivity index (χ3v) is 2.47. The Kier molecular flexibility index (Phi) is 3.73. The number of tetrazole rings is 1. The average Bonchev–Trinajstić information content (AvgIpc) is 2.94. The van der Waals surface area contributed by atoms with Gasteiger partial charge in [0.2, 0.25) is 5.82 Å². The second-order valence-electron chi connectivity index (χ2n) is 3.99. The summed E-state index contributed by atoms with van der Waals surface area (Å²) in [6.07, 6.45) is 1.55. The highest BCUT2D eigenvalue weighted by molar-refractivity contribution is 5.74. The largest absolute Gasteiger partial charge is 0.378 e. The lowest BCUT2D eigenvalue weighted by atomic mass is 10.2. The van der Waals surface area contributed by atoms with Crippen molar-refractivity contribution >= 4 is 16.9 Å². The molecule has 0 radical (unpaired) electrons. The van der Waals surface area contributed by atoms with Crippen molar-refractivity contribution in [2.75, 3.05) is 24.3 Å². The van der Waals surface area contributed by atoms with Crippen molar-refractivity contribution in [3.05, 3.63) is 36.3 Å². The molecule has 0 saturated heterocycles. The number of rotatable bonds is 4. The molecule has 0 aliphatic heterocycles. The van der Waals surface area contributed by atoms with E-state index in [0.29, 0.717) is 5.57 Å². The Morgan fingerprint density at radius 2 is 2.11 bits per heavy atom. The van der Waals surface area contributed by atoms with E-state index in [2.05, 4.69) is 25.9 Å². The van der Waals surface area contributed by atoms with Crippen molar-refractivity contribution in [2.45, 2.75) is 0 Å². The van der Waals surface area contributed by atoms with Crippen LogP contribution in [-0.4, -0.2) is 34.7 Å². The van der Waals surface area contributed by atoms with Gasteiger partial charge in [0.15, 0.2) is 0 Å². The summed E-state index contributed by atoms with van der Waals surface area (Å²) in [5.74, 6) is 0.264. The van der Waals surface area contributed by atoms with E-state index in [1.54, 1.807) is 6.20 Å². The summed E-state index contributed by atoms with van der Waals surface area (Å²) in [5, 5.41) is 25.3. The first kappa shape index (κ1) is 12.6. The van der Waals surface area contributed by atoms with E-state index in [1.165, 1.54) is 0 Å². The quantitative estimate of drug-likeness (QED) is 0.798. The van der Waals surface area contributed by atoms with Gasteiger partial charge >= 0.3 is 0 Å². The number of benzene rings is 1. The number of hydrogen-bond acceptors (Lipinski definition) is 6. The fraction of sp³-hybridized carbons (Fsp3) is 0.167. The van der Waals surface area contributed by atoms with Crippen LogP contribution in [-0.2, 0) is 0 Å². The first-order valence-corrected chi connectivity index (χ1v) is 5.58. The maximum atomic E-state index is 9.01. The van der Waals surface area contributed by atoms with Gasteiger partial charge < -0.3 is 10.2 Å². The normalized spacial score (nSPS) is 10.9. The summed E-state index contributed by atoms with van der Waals surface area (Å²) in [6.45, 7) is 0. The Bertz CT molecular complexity index is 590. The van der Waals surface area contributed by atoms with Crippen molar-refractivity contribution in [1.29, 1.82) is 5.26 Å². The molecular weight excluding hydrogens is 242 g/mol. The molecule has 2 rings (SSSR count). The summed E-state index contributed by atoms with van der Waals surface area (Å²) in [5.41, 5.74) is 2.29. The van der Waals surface area contributed by atoms with Gasteiger partial charge in [-0.05, 0) is 29.5 Å². The zero-order chi connectivity index (χ0) is 13.7. The van der Waals surface area contributed by atoms with Crippen LogP contribution in [0.1, 0.15) is 5.82 Å². The minimum Gasteiger partial charge on any atom is -0.378 e. The fourth-order valence-corrected chi connectivity index (χ4v) is 1.43. The zero-order valence-corrected chi connectivity index (χ0v) is 10.6. The third kappa shape index (κ3) is 3.07. The van der Waals surface area contributed by atoms with Crippen LogP contribution < -0.4 is 10.2 Å². The van der Waals surface area contributed by atoms with E-state index in [4.69, 9.17) is 5.26 Å². The molecule has 0 aliphatic carbocycles. The van der Waals surface area contributed by atoms with Gasteiger partial charge in [-0.15, -0.1) is 10.2 Å². The molecule has 0 saturated carbocycles. The molecule has 0 bridgehead atoms. The second kappa shape index (κ2) is 5.64. The minimum absolute atomic E-state index is 0.264. The van der Waals surface area contributed by atoms with Gasteiger partial charge in [-0.25, -0.2) is 0 Å². The van der Waals surface area contributed by atoms with Crippen molar-refractivity contribution < 1.29 is 0 Å². The molecule has 2 aromatic rings. The lowest BCUT2D eigenvalue weighted by Crippen LogP contribution is -2.08. The summed E-state index contributed by atoms with van der Waals surface area (Å²) >= 11 is 0. The van der Waals surface area contributed by atoms with Gasteiger partial charge in [-0.1, -0.05) is 0 Å². The highest BCUT2D eigenvalue weighted by Crippen LogP contribution is 2.16. The van der Waals surface area contributed by atoms with Gasteiger partial charge in [0.1, 0.15) is 11.6 Å². The smallest absolute Gasteiger partial charge is 0.216 e. The number of H-pyrrole nitrogens is 1. The lowest BCUT2D eigenvalue weighted by molar-refractivity contribution is 0.881. The van der Waals surface area contributed by atoms with Crippen LogP contribution in [0.5, 0.6) is 0 Å². The average molecular weight is 255 g/mol. The lowest BCUT2D eigenvalue weighted by Gasteiger charge is -2.12. The Labute approximate surface area is 110 Å². The highest BCUT2D eigenvalue weighted by Gasteiger charge is 2.05. The summed E-state index contributed by atoms with van der Waals surface area (Å²) in [6, 6.07) is 9.83. The maximum Gasteiger partial charge on any atom is 0.216 e. The summed E-state index contributed by atoms with van der Waals surface area (Å²) in [4.78, 5) is 2.01. The topological polar surface area (TPSA) is 93.5 Å². The Morgan fingerprint density at radius 1 is 1.37 bits per heavy atom. The first-order chi connectivity index (χ1) is 9.20. The molecule has 0 aliphatic rings. The standard InChI is InChI=1S/C12H13N7/c1-19(2)11-5-3-10(4-6-11)14-8-9(7-13)12-15-17-18-16-12/h3-6,8,14H,1-2H3,(H,15,16,17,18)/b9-8+. The molecule has 2 N–H and O–H groups in total. The predicted octanol–water partition coefficient (Wildman–Crippen LogP) is 1.24. The van der Waals surface area contributed by atoms with E-state index in [-0.39, 0.29) is 5.82 Å². The van der Waals surface area contributed by atoms with Crippen LogP contribution in [0.25, 0.3) is 5.57 Å². The van der Waals surface area contributed by atoms with Crippen LogP contribution >= 0.6 is 0 Å². The Morgan fingerprint density at radius 3 is 2.63 bits per heavy atom. The number of nitrogens with one attached hydrogen (secondary N) is 2. The maximum absolute atomic E-state index is 9.01. The van der Waals surface area contributed by atoms with E-state index in [1.807, 2.05) is 49.3 Å². The molecule has 7 heteroatoms. The fourth-order valence-electron chi connectivity index (χ4n) is 1.43. The number of nitriles is 1. The van der Waals surface area contributed by atoms with Crippen molar-refractivity contribution in [3.8, 4) is 6.07 Å². The highest BCUT2D eigenvalue weighted by atomic mass is 15.5. The molecular formula is C12H13N7. The predicted molar refractivity (Wildman–Crippen MR) is 72.2 cm³/mol. The van der Waals surface area contributed by atoms with Crippen molar-refractivity contribution in [1.82, 2.24) is 20.6 Å². The van der Waals surface area contributed by atoms with Crippen molar-refractivity contribution in [2.24, 2.45) is 0 Å². The first-order valence-electron chi connectivity index (χ1n) is 5.58. The Balaban J connectivity index is 2.11. The molecule has 1 aromatic carbocycles. The van der Waals surface area contributed by atoms with Crippen molar-refractivity contribution in [3.63, 3.8) is 0 Å². The van der Waals surface area contributed by atoms with Gasteiger partial charge in [0, 0.05) is 31.7 Å². The van der Waals surface area contributed by atoms with Gasteiger partial charge in [-0.3, -0.25) is 0 Å². The van der Waals surface area contributed by atoms with Crippen LogP contribution in [0, 0.1) is 11.3 Å². The number of nitrogens with zero attached hydrogens (tertiary/aromatic N) is 5. The number of anilines is 2. The third-order valence-electron chi connectivity index (χ3n) is 2.47. The van der Waals surface area contributed by atoms with E-state index < -0.39 is 0 Å². The van der Waals surface area contributed by atoms with E-state index in [9.17, 15) is 0 Å². The molecule has 19 heavy (non-hydrogen) atoms. The molecule has 0 unspecified atom stereocenters. The van der Waals surface area contributed by atoms with Crippen LogP contribution in [0.3, 0.4) is 0 Å². The van der Waals surface area contributed by atoms with Gasteiger partial charge in [-0.2, -0.15) is 10.5 Å². The zero-order valence-electron chi connectivity index (χ0n) is 10.6. The van der Waals surface area contributed by atoms with Gasteiger partial charge in [0.25, 0.3) is 0 Å². The van der Waals surface area contributed by atoms with E-state index in [0.717, 1.165) is 11.4 Å². The Hall–Kier alpha value is -2.88. The summed E-state index contributed by atoms with van der Waals surface area (Å²) < 4.78 is 0. The summed E-state index contributed by atoms with van der Waals surface area (Å²) in [7, 11) is 3.96. The van der Waals surface area contributed by atoms with Crippen LogP contribution in [0.4, 0.5) is 11.4 Å². The molecule has 7 nitrogen and oxygen atoms in total. The molecule has 0 atom stereocenters. The van der Waals surface area contributed by atoms with Crippen LogP contribution in [0.15, 0.2) is 30.5 Å². The molecule has 1 aromatic heterocycles. The number of allylic oxidation sites excluding steroid dienone is 1. The molecule has 0 fully saturated rings. The number of aromatic nitrogens is 4. The van der Waals surface area contributed by atoms with Crippen LogP contribution in [0.2, 0.25) is 0 Å². The minimum atomic E-state index is 0.264. The van der Waals surface area contributed by atoms with Gasteiger partial charge in [0.05, 0.1) is 0 Å². The SMILES string of the molecule is CN(C)c1ccc(N/C=C(\C#N)c2nn[nH]n2)cc1. The number of aromatic amines is 1. The monoisotopic (exact) mass is 255 g/mol. The molecule has 1 heterocycles. The molecule has 96 valence electrons. The molecule has 0 spiro atoms. The second-order valence-corrected chi connectivity index (χ2v) is 3.99. The van der Waals surface area contributed by atoms with E-state index >= 15 is 0 Å². The molecule has 0 amide bonds. The number of hydrogen-bond donors (Lipinski definition) is 2.